The van der Waals surface area contributed by atoms with Gasteiger partial charge in [0, 0.05) is 13.2 Å². The summed E-state index contributed by atoms with van der Waals surface area (Å²) in [6, 6.07) is 36.2. The van der Waals surface area contributed by atoms with Gasteiger partial charge >= 0.3 is 0 Å². The maximum Gasteiger partial charge on any atom is 0.0701 e. The van der Waals surface area contributed by atoms with Crippen molar-refractivity contribution < 1.29 is 34.0 Å². The first-order valence-corrected chi connectivity index (χ1v) is 14.4. The molecule has 7 heteroatoms. The second-order valence-electron chi connectivity index (χ2n) is 10.2. The molecule has 0 amide bonds. The molecule has 4 aromatic rings. The lowest BCUT2D eigenvalue weighted by atomic mass is 9.72. The lowest BCUT2D eigenvalue weighted by molar-refractivity contribution is -0.314. The van der Waals surface area contributed by atoms with Crippen molar-refractivity contribution in [1.29, 1.82) is 0 Å². The number of carboxylic acids is 2. The molecule has 0 aliphatic rings. The fourth-order valence-electron chi connectivity index (χ4n) is 5.47. The molecule has 224 valence electrons. The Bertz CT molecular complexity index is 1200. The molecular weight excluding hydrogens is 544 g/mol. The predicted molar refractivity (Wildman–Crippen MR) is 159 cm³/mol. The van der Waals surface area contributed by atoms with Gasteiger partial charge < -0.3 is 34.0 Å². The summed E-state index contributed by atoms with van der Waals surface area (Å²) in [4.78, 5) is 25.1. The molecule has 0 unspecified atom stereocenters. The van der Waals surface area contributed by atoms with E-state index in [4.69, 9.17) is 14.2 Å². The van der Waals surface area contributed by atoms with Crippen LogP contribution in [-0.4, -0.2) is 51.6 Å². The van der Waals surface area contributed by atoms with Crippen LogP contribution in [0.4, 0.5) is 0 Å². The number of rotatable bonds is 18. The van der Waals surface area contributed by atoms with Crippen LogP contribution in [0.5, 0.6) is 0 Å². The number of ether oxygens (including phenoxy) is 3. The molecule has 0 aliphatic heterocycles. The van der Waals surface area contributed by atoms with Crippen LogP contribution in [-0.2, 0) is 34.6 Å². The fourth-order valence-corrected chi connectivity index (χ4v) is 5.47. The van der Waals surface area contributed by atoms with Gasteiger partial charge in [0.05, 0.1) is 49.2 Å². The van der Waals surface area contributed by atoms with Crippen molar-refractivity contribution in [3.05, 3.63) is 144 Å². The minimum Gasteiger partial charge on any atom is -0.549 e. The second kappa shape index (κ2) is 15.8. The van der Waals surface area contributed by atoms with Crippen LogP contribution in [0.1, 0.15) is 35.1 Å². The van der Waals surface area contributed by atoms with E-state index in [-0.39, 0.29) is 39.3 Å². The Morgan fingerprint density at radius 1 is 0.419 bits per heavy atom. The number of carbonyl (C=O) groups is 2. The van der Waals surface area contributed by atoms with Crippen LogP contribution in [0, 0.1) is 0 Å². The van der Waals surface area contributed by atoms with E-state index in [1.54, 1.807) is 48.5 Å². The summed E-state index contributed by atoms with van der Waals surface area (Å²) in [5, 5.41) is 25.1. The normalized spacial score (nSPS) is 11.7. The molecule has 4 rings (SSSR count). The van der Waals surface area contributed by atoms with Gasteiger partial charge in [-0.05, 0) is 35.1 Å². The Morgan fingerprint density at radius 2 is 0.651 bits per heavy atom. The zero-order valence-electron chi connectivity index (χ0n) is 24.1. The maximum atomic E-state index is 12.5. The molecule has 0 fully saturated rings. The number of hydrogen-bond donors (Lipinski definition) is 0. The van der Waals surface area contributed by atoms with Gasteiger partial charge in [-0.25, -0.2) is 0 Å². The lowest BCUT2D eigenvalue weighted by Gasteiger charge is -2.36. The monoisotopic (exact) mass is 580 g/mol. The molecule has 0 aliphatic carbocycles. The number of hydrogen-bond acceptors (Lipinski definition) is 7. The smallest absolute Gasteiger partial charge is 0.0701 e. The van der Waals surface area contributed by atoms with Crippen molar-refractivity contribution >= 4 is 11.9 Å². The highest BCUT2D eigenvalue weighted by molar-refractivity contribution is 5.85. The van der Waals surface area contributed by atoms with E-state index >= 15 is 0 Å². The van der Waals surface area contributed by atoms with Gasteiger partial charge in [-0.3, -0.25) is 0 Å². The van der Waals surface area contributed by atoms with Gasteiger partial charge in [-0.15, -0.1) is 0 Å². The third kappa shape index (κ3) is 7.56. The highest BCUT2D eigenvalue weighted by atomic mass is 16.5. The topological polar surface area (TPSA) is 108 Å². The van der Waals surface area contributed by atoms with Crippen LogP contribution in [0.2, 0.25) is 0 Å². The van der Waals surface area contributed by atoms with Crippen LogP contribution >= 0.6 is 0 Å². The standard InChI is InChI=1S/C36H38O7/c37-33(38)35(29-13-5-1-6-14-29,30-15-7-2-8-16-30)21-23-41-25-27-43-28-26-42-24-22-36(34(39)40,31-17-9-3-10-18-31)32-19-11-4-12-20-32/h1-20H,21-28H2,(H,37,38)(H,39,40)/p-2. The summed E-state index contributed by atoms with van der Waals surface area (Å²) in [5.41, 5.74) is -0.115. The summed E-state index contributed by atoms with van der Waals surface area (Å²) >= 11 is 0. The van der Waals surface area contributed by atoms with Crippen molar-refractivity contribution in [2.24, 2.45) is 0 Å². The zero-order chi connectivity index (χ0) is 30.4. The number of carboxylic acid groups (broad SMARTS) is 2. The molecule has 0 saturated heterocycles. The van der Waals surface area contributed by atoms with Gasteiger partial charge in [0.15, 0.2) is 0 Å². The third-order valence-electron chi connectivity index (χ3n) is 7.75. The molecular formula is C36H36O7-2. The van der Waals surface area contributed by atoms with E-state index in [1.165, 1.54) is 0 Å². The Kier molecular flexibility index (Phi) is 11.6. The summed E-state index contributed by atoms with van der Waals surface area (Å²) in [6.07, 6.45) is 0.408. The van der Waals surface area contributed by atoms with E-state index in [1.807, 2.05) is 72.8 Å². The van der Waals surface area contributed by atoms with Crippen molar-refractivity contribution in [2.45, 2.75) is 23.7 Å². The fraction of sp³-hybridized carbons (Fsp3) is 0.278. The van der Waals surface area contributed by atoms with Gasteiger partial charge in [-0.2, -0.15) is 0 Å². The molecule has 7 nitrogen and oxygen atoms in total. The SMILES string of the molecule is O=C([O-])C(CCOCCOCCOCCC(C(=O)[O-])(c1ccccc1)c1ccccc1)(c1ccccc1)c1ccccc1. The molecule has 0 aromatic heterocycles. The van der Waals surface area contributed by atoms with E-state index in [9.17, 15) is 19.8 Å². The average Bonchev–Trinajstić information content (AvgIpc) is 3.05. The molecule has 0 saturated carbocycles. The van der Waals surface area contributed by atoms with Crippen molar-refractivity contribution in [3.8, 4) is 0 Å². The van der Waals surface area contributed by atoms with E-state index < -0.39 is 22.8 Å². The minimum absolute atomic E-state index is 0.196. The molecule has 0 bridgehead atoms. The average molecular weight is 581 g/mol. The van der Waals surface area contributed by atoms with Gasteiger partial charge in [-0.1, -0.05) is 121 Å². The third-order valence-corrected chi connectivity index (χ3v) is 7.75. The number of benzene rings is 4. The van der Waals surface area contributed by atoms with Crippen molar-refractivity contribution in [2.75, 3.05) is 39.6 Å². The van der Waals surface area contributed by atoms with Gasteiger partial charge in [0.1, 0.15) is 0 Å². The largest absolute Gasteiger partial charge is 0.549 e. The summed E-state index contributed by atoms with van der Waals surface area (Å²) in [6.45, 7) is 1.56. The zero-order valence-corrected chi connectivity index (χ0v) is 24.1. The second-order valence-corrected chi connectivity index (χ2v) is 10.2. The van der Waals surface area contributed by atoms with Crippen molar-refractivity contribution in [1.82, 2.24) is 0 Å². The number of aliphatic carboxylic acids is 2. The summed E-state index contributed by atoms with van der Waals surface area (Å²) < 4.78 is 17.1. The molecule has 0 heterocycles. The molecule has 0 spiro atoms. The Morgan fingerprint density at radius 3 is 0.884 bits per heavy atom. The van der Waals surface area contributed by atoms with Crippen LogP contribution in [0.3, 0.4) is 0 Å². The van der Waals surface area contributed by atoms with Crippen LogP contribution < -0.4 is 10.2 Å². The van der Waals surface area contributed by atoms with Crippen LogP contribution in [0.25, 0.3) is 0 Å². The first-order valence-electron chi connectivity index (χ1n) is 14.4. The molecule has 43 heavy (non-hydrogen) atoms. The van der Waals surface area contributed by atoms with Crippen molar-refractivity contribution in [3.63, 3.8) is 0 Å². The summed E-state index contributed by atoms with van der Waals surface area (Å²) in [7, 11) is 0. The highest BCUT2D eigenvalue weighted by Crippen LogP contribution is 2.36. The summed E-state index contributed by atoms with van der Waals surface area (Å²) in [5.74, 6) is -2.35. The van der Waals surface area contributed by atoms with Gasteiger partial charge in [0.2, 0.25) is 0 Å². The highest BCUT2D eigenvalue weighted by Gasteiger charge is 2.36. The Labute approximate surface area is 252 Å². The molecule has 0 radical (unpaired) electrons. The van der Waals surface area contributed by atoms with E-state index in [0.717, 1.165) is 0 Å². The number of carbonyl (C=O) groups excluding carboxylic acids is 2. The van der Waals surface area contributed by atoms with Crippen LogP contribution in [0.15, 0.2) is 121 Å². The predicted octanol–water partition coefficient (Wildman–Crippen LogP) is 3.29. The minimum atomic E-state index is -1.34. The Balaban J connectivity index is 1.23. The Hall–Kier alpha value is -4.30. The molecule has 0 N–H and O–H groups in total. The molecule has 0 atom stereocenters. The van der Waals surface area contributed by atoms with Gasteiger partial charge in [0.25, 0.3) is 0 Å². The van der Waals surface area contributed by atoms with E-state index in [0.29, 0.717) is 35.5 Å². The quantitative estimate of drug-likeness (QED) is 0.166. The molecule has 4 aromatic carbocycles. The van der Waals surface area contributed by atoms with E-state index in [2.05, 4.69) is 0 Å². The lowest BCUT2D eigenvalue weighted by Crippen LogP contribution is -2.47. The first kappa shape index (κ1) is 31.6. The maximum absolute atomic E-state index is 12.5. The first-order chi connectivity index (χ1) is 21.0.